The van der Waals surface area contributed by atoms with Crippen LogP contribution < -0.4 is 5.32 Å². The summed E-state index contributed by atoms with van der Waals surface area (Å²) in [5.41, 5.74) is 0. The Kier molecular flexibility index (Phi) is 2.84. The van der Waals surface area contributed by atoms with Crippen LogP contribution >= 0.6 is 23.2 Å². The maximum Gasteiger partial charge on any atom is 0.228 e. The molecule has 3 nitrogen and oxygen atoms in total. The molecule has 3 rings (SSSR count). The molecule has 2 bridgehead atoms. The molecular formula is C12H18Cl2N2O. The first kappa shape index (κ1) is 12.1. The Balaban J connectivity index is 1.63. The normalized spacial score (nSPS) is 42.3. The molecule has 2 aliphatic heterocycles. The van der Waals surface area contributed by atoms with Crippen LogP contribution in [0.25, 0.3) is 0 Å². The number of piperidine rings is 1. The van der Waals surface area contributed by atoms with Gasteiger partial charge in [-0.25, -0.2) is 0 Å². The van der Waals surface area contributed by atoms with Gasteiger partial charge in [0.2, 0.25) is 5.91 Å². The van der Waals surface area contributed by atoms with Gasteiger partial charge in [-0.05, 0) is 32.1 Å². The monoisotopic (exact) mass is 276 g/mol. The van der Waals surface area contributed by atoms with Crippen LogP contribution in [0.4, 0.5) is 0 Å². The highest BCUT2D eigenvalue weighted by molar-refractivity contribution is 6.52. The van der Waals surface area contributed by atoms with Gasteiger partial charge in [0.05, 0.1) is 5.92 Å². The Hall–Kier alpha value is 0.01000. The molecule has 3 aliphatic rings. The molecule has 0 aromatic rings. The lowest BCUT2D eigenvalue weighted by Gasteiger charge is -2.35. The van der Waals surface area contributed by atoms with Crippen molar-refractivity contribution in [3.05, 3.63) is 0 Å². The first-order chi connectivity index (χ1) is 7.97. The van der Waals surface area contributed by atoms with Crippen LogP contribution in [0.15, 0.2) is 0 Å². The van der Waals surface area contributed by atoms with Crippen LogP contribution in [0.5, 0.6) is 0 Å². The summed E-state index contributed by atoms with van der Waals surface area (Å²) in [6.45, 7) is 0. The predicted molar refractivity (Wildman–Crippen MR) is 68.3 cm³/mol. The maximum absolute atomic E-state index is 12.2. The number of hydrogen-bond acceptors (Lipinski definition) is 2. The van der Waals surface area contributed by atoms with Gasteiger partial charge in [0, 0.05) is 25.2 Å². The van der Waals surface area contributed by atoms with Crippen LogP contribution in [0.2, 0.25) is 0 Å². The molecule has 1 unspecified atom stereocenters. The number of hydrogen-bond donors (Lipinski definition) is 1. The lowest BCUT2D eigenvalue weighted by Crippen LogP contribution is -2.49. The zero-order chi connectivity index (χ0) is 12.2. The average molecular weight is 277 g/mol. The van der Waals surface area contributed by atoms with Crippen LogP contribution in [0.3, 0.4) is 0 Å². The molecule has 3 fully saturated rings. The van der Waals surface area contributed by atoms with Crippen molar-refractivity contribution in [1.29, 1.82) is 0 Å². The van der Waals surface area contributed by atoms with Crippen molar-refractivity contribution in [1.82, 2.24) is 10.2 Å². The lowest BCUT2D eigenvalue weighted by atomic mass is 9.98. The molecule has 0 aromatic heterocycles. The van der Waals surface area contributed by atoms with E-state index in [2.05, 4.69) is 5.32 Å². The summed E-state index contributed by atoms with van der Waals surface area (Å²) in [7, 11) is 1.90. The van der Waals surface area contributed by atoms with Gasteiger partial charge in [-0.15, -0.1) is 23.2 Å². The minimum atomic E-state index is -0.794. The highest BCUT2D eigenvalue weighted by Crippen LogP contribution is 2.54. The third kappa shape index (κ3) is 2.18. The van der Waals surface area contributed by atoms with Crippen molar-refractivity contribution in [3.8, 4) is 0 Å². The van der Waals surface area contributed by atoms with Crippen molar-refractivity contribution in [2.75, 3.05) is 7.05 Å². The van der Waals surface area contributed by atoms with E-state index < -0.39 is 4.33 Å². The highest BCUT2D eigenvalue weighted by Gasteiger charge is 2.57. The Labute approximate surface area is 112 Å². The summed E-state index contributed by atoms with van der Waals surface area (Å²) in [5.74, 6) is -0.0512. The summed E-state index contributed by atoms with van der Waals surface area (Å²) in [5, 5.41) is 3.59. The van der Waals surface area contributed by atoms with Crippen molar-refractivity contribution >= 4 is 29.1 Å². The number of carbonyl (C=O) groups is 1. The largest absolute Gasteiger partial charge is 0.342 e. The van der Waals surface area contributed by atoms with Crippen molar-refractivity contribution in [2.24, 2.45) is 5.92 Å². The van der Waals surface area contributed by atoms with E-state index in [1.807, 2.05) is 11.9 Å². The molecule has 96 valence electrons. The molecule has 0 radical (unpaired) electrons. The van der Waals surface area contributed by atoms with E-state index in [4.69, 9.17) is 23.2 Å². The molecule has 17 heavy (non-hydrogen) atoms. The van der Waals surface area contributed by atoms with Crippen molar-refractivity contribution < 1.29 is 4.79 Å². The number of nitrogens with one attached hydrogen (secondary N) is 1. The third-order valence-electron chi connectivity index (χ3n) is 4.47. The fourth-order valence-electron chi connectivity index (χ4n) is 3.25. The predicted octanol–water partition coefficient (Wildman–Crippen LogP) is 1.92. The van der Waals surface area contributed by atoms with Crippen molar-refractivity contribution in [3.63, 3.8) is 0 Å². The standard InChI is InChI=1S/C12H18Cl2N2O/c1-16(11(17)10-6-12(10,13)14)9-4-7-2-3-8(5-9)15-7/h7-10,15H,2-6H2,1H3/t7-,8+,9?,10-/m1/s1. The highest BCUT2D eigenvalue weighted by atomic mass is 35.5. The van der Waals surface area contributed by atoms with Gasteiger partial charge in [-0.3, -0.25) is 4.79 Å². The van der Waals surface area contributed by atoms with Crippen LogP contribution in [0.1, 0.15) is 32.1 Å². The van der Waals surface area contributed by atoms with Crippen LogP contribution in [-0.4, -0.2) is 40.3 Å². The fourth-order valence-corrected chi connectivity index (χ4v) is 3.75. The molecule has 4 atom stereocenters. The zero-order valence-corrected chi connectivity index (χ0v) is 11.5. The number of amides is 1. The second kappa shape index (κ2) is 4.01. The Morgan fingerprint density at radius 1 is 1.29 bits per heavy atom. The second-order valence-electron chi connectivity index (χ2n) is 5.73. The Morgan fingerprint density at radius 3 is 2.29 bits per heavy atom. The van der Waals surface area contributed by atoms with Gasteiger partial charge in [0.1, 0.15) is 4.33 Å². The summed E-state index contributed by atoms with van der Waals surface area (Å²) >= 11 is 11.9. The molecule has 2 heterocycles. The molecule has 1 aliphatic carbocycles. The van der Waals surface area contributed by atoms with Gasteiger partial charge in [-0.1, -0.05) is 0 Å². The van der Waals surface area contributed by atoms with E-state index in [-0.39, 0.29) is 11.8 Å². The molecule has 0 aromatic carbocycles. The fraction of sp³-hybridized carbons (Fsp3) is 0.917. The third-order valence-corrected chi connectivity index (χ3v) is 5.30. The van der Waals surface area contributed by atoms with E-state index in [0.717, 1.165) is 12.8 Å². The zero-order valence-electron chi connectivity index (χ0n) is 9.96. The minimum Gasteiger partial charge on any atom is -0.342 e. The first-order valence-corrected chi connectivity index (χ1v) is 7.13. The van der Waals surface area contributed by atoms with E-state index in [0.29, 0.717) is 24.5 Å². The van der Waals surface area contributed by atoms with E-state index in [1.165, 1.54) is 12.8 Å². The molecule has 5 heteroatoms. The lowest BCUT2D eigenvalue weighted by molar-refractivity contribution is -0.134. The van der Waals surface area contributed by atoms with E-state index >= 15 is 0 Å². The summed E-state index contributed by atoms with van der Waals surface area (Å²) in [4.78, 5) is 14.1. The quantitative estimate of drug-likeness (QED) is 0.782. The smallest absolute Gasteiger partial charge is 0.228 e. The molecular weight excluding hydrogens is 259 g/mol. The molecule has 2 saturated heterocycles. The summed E-state index contributed by atoms with van der Waals surface area (Å²) in [6, 6.07) is 1.57. The van der Waals surface area contributed by atoms with Crippen LogP contribution in [-0.2, 0) is 4.79 Å². The number of alkyl halides is 2. The number of nitrogens with zero attached hydrogens (tertiary/aromatic N) is 1. The molecule has 0 spiro atoms. The van der Waals surface area contributed by atoms with Gasteiger partial charge < -0.3 is 10.2 Å². The minimum absolute atomic E-state index is 0.126. The second-order valence-corrected chi connectivity index (χ2v) is 7.27. The van der Waals surface area contributed by atoms with Gasteiger partial charge in [-0.2, -0.15) is 0 Å². The maximum atomic E-state index is 12.2. The number of halogens is 2. The van der Waals surface area contributed by atoms with E-state index in [1.54, 1.807) is 0 Å². The number of fused-ring (bicyclic) bond motifs is 2. The number of rotatable bonds is 2. The number of carbonyl (C=O) groups excluding carboxylic acids is 1. The first-order valence-electron chi connectivity index (χ1n) is 6.38. The SMILES string of the molecule is CN(C(=O)[C@H]1CC1(Cl)Cl)C1C[C@H]2CC[C@@H](C1)N2. The Morgan fingerprint density at radius 2 is 1.82 bits per heavy atom. The average Bonchev–Trinajstić information content (AvgIpc) is 2.80. The molecule has 1 N–H and O–H groups in total. The van der Waals surface area contributed by atoms with Crippen molar-refractivity contribution in [2.45, 2.75) is 54.6 Å². The van der Waals surface area contributed by atoms with Gasteiger partial charge in [0.15, 0.2) is 0 Å². The van der Waals surface area contributed by atoms with Gasteiger partial charge >= 0.3 is 0 Å². The van der Waals surface area contributed by atoms with E-state index in [9.17, 15) is 4.79 Å². The summed E-state index contributed by atoms with van der Waals surface area (Å²) in [6.07, 6.45) is 5.26. The van der Waals surface area contributed by atoms with Gasteiger partial charge in [0.25, 0.3) is 0 Å². The molecule has 1 amide bonds. The molecule has 1 saturated carbocycles. The van der Waals surface area contributed by atoms with Crippen LogP contribution in [0, 0.1) is 5.92 Å². The Bertz CT molecular complexity index is 335. The summed E-state index contributed by atoms with van der Waals surface area (Å²) < 4.78 is -0.794. The topological polar surface area (TPSA) is 32.3 Å².